The molecule has 0 aliphatic heterocycles. The third kappa shape index (κ3) is 28.8. The lowest BCUT2D eigenvalue weighted by Crippen LogP contribution is -2.17. The Morgan fingerprint density at radius 1 is 1.14 bits per heavy atom. The molecule has 0 fully saturated rings. The van der Waals surface area contributed by atoms with Crippen LogP contribution in [-0.2, 0) is 19.1 Å². The topological polar surface area (TPSA) is 125 Å². The molecular weight excluding hydrogens is 384 g/mol. The van der Waals surface area contributed by atoms with Gasteiger partial charge < -0.3 is 26.0 Å². The largest absolute Gasteiger partial charge is 0.493 e. The Morgan fingerprint density at radius 2 is 1.64 bits per heavy atom. The van der Waals surface area contributed by atoms with Gasteiger partial charge in [0.25, 0.3) is 6.47 Å². The van der Waals surface area contributed by atoms with E-state index < -0.39 is 5.91 Å². The summed E-state index contributed by atoms with van der Waals surface area (Å²) in [4.78, 5) is 20.7. The van der Waals surface area contributed by atoms with Gasteiger partial charge in [-0.15, -0.1) is 0 Å². The van der Waals surface area contributed by atoms with E-state index >= 15 is 0 Å². The summed E-state index contributed by atoms with van der Waals surface area (Å²) in [5.74, 6) is -0.184. The Kier molecular flexibility index (Phi) is 27.6. The number of carbonyl (C=O) groups excluding carboxylic acids is 2. The van der Waals surface area contributed by atoms with Gasteiger partial charge in [0.2, 0.25) is 5.91 Å². The second kappa shape index (κ2) is 23.0. The molecule has 7 nitrogen and oxygen atoms in total. The molecule has 0 saturated carbocycles. The fourth-order valence-corrected chi connectivity index (χ4v) is 1.29. The van der Waals surface area contributed by atoms with Gasteiger partial charge >= 0.3 is 0 Å². The predicted octanol–water partition coefficient (Wildman–Crippen LogP) is 3.75. The van der Waals surface area contributed by atoms with Gasteiger partial charge in [-0.1, -0.05) is 38.8 Å². The summed E-state index contributed by atoms with van der Waals surface area (Å²) in [6.07, 6.45) is 4.89. The minimum atomic E-state index is -0.579. The second-order valence-electron chi connectivity index (χ2n) is 5.89. The number of nitrogens with two attached hydrogens (primary N) is 2. The summed E-state index contributed by atoms with van der Waals surface area (Å²) >= 11 is 5.60. The number of carbonyl (C=O) groups is 2. The smallest absolute Gasteiger partial charge is 0.293 e. The summed E-state index contributed by atoms with van der Waals surface area (Å²) < 4.78 is 9.92. The highest BCUT2D eigenvalue weighted by atomic mass is 35.5. The molecule has 0 atom stereocenters. The highest BCUT2D eigenvalue weighted by Gasteiger charge is 2.07. The molecule has 0 heterocycles. The molecule has 0 aromatic heterocycles. The minimum absolute atomic E-state index is 0.258. The third-order valence-corrected chi connectivity index (χ3v) is 2.46. The van der Waals surface area contributed by atoms with Crippen LogP contribution in [0.4, 0.5) is 0 Å². The number of ether oxygens (including phenoxy) is 2. The van der Waals surface area contributed by atoms with Crippen molar-refractivity contribution in [3.8, 4) is 0 Å². The van der Waals surface area contributed by atoms with E-state index in [0.29, 0.717) is 24.5 Å². The van der Waals surface area contributed by atoms with Crippen molar-refractivity contribution < 1.29 is 24.2 Å². The molecule has 0 unspecified atom stereocenters. The summed E-state index contributed by atoms with van der Waals surface area (Å²) in [5.41, 5.74) is 12.4. The zero-order valence-corrected chi connectivity index (χ0v) is 19.3. The lowest BCUT2D eigenvalue weighted by Gasteiger charge is -2.14. The molecule has 1 amide bonds. The number of unbranched alkanes of at least 4 members (excludes halogenated alkanes) is 1. The van der Waals surface area contributed by atoms with E-state index in [1.54, 1.807) is 6.92 Å². The van der Waals surface area contributed by atoms with Gasteiger partial charge in [-0.25, -0.2) is 0 Å². The Hall–Kier alpha value is -1.99. The summed E-state index contributed by atoms with van der Waals surface area (Å²) in [6.45, 7) is 14.2. The van der Waals surface area contributed by atoms with Gasteiger partial charge in [0.1, 0.15) is 11.4 Å². The normalized spacial score (nSPS) is 11.4. The fraction of sp³-hybridized carbons (Fsp3) is 0.600. The number of aliphatic hydroxyl groups is 1. The molecule has 0 spiro atoms. The van der Waals surface area contributed by atoms with Crippen molar-refractivity contribution in [2.75, 3.05) is 13.7 Å². The van der Waals surface area contributed by atoms with Crippen LogP contribution < -0.4 is 11.5 Å². The number of primary amides is 1. The summed E-state index contributed by atoms with van der Waals surface area (Å²) in [7, 11) is 1.00. The number of amides is 1. The second-order valence-corrected chi connectivity index (χ2v) is 6.11. The highest BCUT2D eigenvalue weighted by Crippen LogP contribution is 2.09. The molecule has 28 heavy (non-hydrogen) atoms. The van der Waals surface area contributed by atoms with E-state index in [4.69, 9.17) is 32.9 Å². The van der Waals surface area contributed by atoms with E-state index in [1.165, 1.54) is 17.7 Å². The molecule has 8 heteroatoms. The average molecular weight is 423 g/mol. The molecule has 0 aliphatic carbocycles. The SMILES string of the molecule is CC.CC(C)(C)OC=O.CCCCOC(=C\Cl)/C=C(\C=C(/C)N)C(N)=O.CO. The maximum absolute atomic E-state index is 11.1. The fourth-order valence-electron chi connectivity index (χ4n) is 1.17. The van der Waals surface area contributed by atoms with Crippen LogP contribution in [0.2, 0.25) is 0 Å². The molecule has 0 aliphatic rings. The lowest BCUT2D eigenvalue weighted by atomic mass is 10.2. The number of allylic oxidation sites excluding steroid dienone is 2. The Labute approximate surface area is 175 Å². The standard InChI is InChI=1S/C12H19ClN2O2.C5H10O2.C2H6.CH4O/c1-3-4-5-17-11(8-13)7-10(12(15)16)6-9(2)14;1-5(2,3)7-4-6;2*1-2/h6-8H,3-5,14H2,1-2H3,(H2,15,16);4H,1-3H3;1-2H3;2H,1H3/b9-6+,10-7+,11-8-;;;. The minimum Gasteiger partial charge on any atom is -0.493 e. The first kappa shape index (κ1) is 33.6. The summed E-state index contributed by atoms with van der Waals surface area (Å²) in [6, 6.07) is 0. The first-order valence-corrected chi connectivity index (χ1v) is 9.45. The van der Waals surface area contributed by atoms with Crippen LogP contribution in [0.25, 0.3) is 0 Å². The molecule has 0 aromatic carbocycles. The van der Waals surface area contributed by atoms with Crippen LogP contribution in [0.15, 0.2) is 34.7 Å². The van der Waals surface area contributed by atoms with Crippen molar-refractivity contribution in [1.82, 2.24) is 0 Å². The maximum Gasteiger partial charge on any atom is 0.293 e. The van der Waals surface area contributed by atoms with Gasteiger partial charge in [-0.05, 0) is 46.3 Å². The van der Waals surface area contributed by atoms with Crippen molar-refractivity contribution in [2.45, 2.75) is 66.9 Å². The summed E-state index contributed by atoms with van der Waals surface area (Å²) in [5, 5.41) is 7.00. The van der Waals surface area contributed by atoms with Gasteiger partial charge in [-0.3, -0.25) is 9.59 Å². The average Bonchev–Trinajstić information content (AvgIpc) is 2.62. The molecule has 0 aromatic rings. The Balaban J connectivity index is -0.000000218. The van der Waals surface area contributed by atoms with Crippen molar-refractivity contribution in [3.63, 3.8) is 0 Å². The number of halogens is 1. The molecule has 0 bridgehead atoms. The van der Waals surface area contributed by atoms with E-state index in [2.05, 4.69) is 11.7 Å². The van der Waals surface area contributed by atoms with Gasteiger partial charge in [0.05, 0.1) is 6.61 Å². The monoisotopic (exact) mass is 422 g/mol. The molecule has 0 saturated heterocycles. The number of aliphatic hydroxyl groups excluding tert-OH is 1. The van der Waals surface area contributed by atoms with Crippen LogP contribution in [0, 0.1) is 0 Å². The van der Waals surface area contributed by atoms with Crippen LogP contribution >= 0.6 is 11.6 Å². The first-order chi connectivity index (χ1) is 13.1. The predicted molar refractivity (Wildman–Crippen MR) is 116 cm³/mol. The quantitative estimate of drug-likeness (QED) is 0.180. The number of hydrogen-bond donors (Lipinski definition) is 3. The van der Waals surface area contributed by atoms with E-state index in [0.717, 1.165) is 20.0 Å². The van der Waals surface area contributed by atoms with E-state index in [-0.39, 0.29) is 11.2 Å². The maximum atomic E-state index is 11.1. The number of hydrogen-bond acceptors (Lipinski definition) is 6. The van der Waals surface area contributed by atoms with E-state index in [9.17, 15) is 9.59 Å². The van der Waals surface area contributed by atoms with Crippen LogP contribution in [0.5, 0.6) is 0 Å². The molecule has 166 valence electrons. The van der Waals surface area contributed by atoms with Crippen molar-refractivity contribution in [2.24, 2.45) is 11.5 Å². The third-order valence-electron chi connectivity index (χ3n) is 2.24. The van der Waals surface area contributed by atoms with Crippen molar-refractivity contribution in [1.29, 1.82) is 0 Å². The zero-order chi connectivity index (χ0) is 23.2. The highest BCUT2D eigenvalue weighted by molar-refractivity contribution is 6.25. The lowest BCUT2D eigenvalue weighted by molar-refractivity contribution is -0.138. The van der Waals surface area contributed by atoms with Gasteiger partial charge in [0.15, 0.2) is 0 Å². The molecule has 0 radical (unpaired) electrons. The van der Waals surface area contributed by atoms with Crippen LogP contribution in [0.3, 0.4) is 0 Å². The molecule has 5 N–H and O–H groups in total. The zero-order valence-electron chi connectivity index (χ0n) is 18.5. The van der Waals surface area contributed by atoms with E-state index in [1.807, 2.05) is 34.6 Å². The van der Waals surface area contributed by atoms with Crippen LogP contribution in [0.1, 0.15) is 61.3 Å². The van der Waals surface area contributed by atoms with Crippen LogP contribution in [-0.4, -0.2) is 36.8 Å². The van der Waals surface area contributed by atoms with Crippen molar-refractivity contribution >= 4 is 24.0 Å². The van der Waals surface area contributed by atoms with Gasteiger partial charge in [0, 0.05) is 23.9 Å². The molecular formula is C20H39ClN2O5. The Morgan fingerprint density at radius 3 is 1.89 bits per heavy atom. The number of rotatable bonds is 8. The van der Waals surface area contributed by atoms with Crippen molar-refractivity contribution in [3.05, 3.63) is 34.7 Å². The first-order valence-electron chi connectivity index (χ1n) is 9.02. The van der Waals surface area contributed by atoms with Gasteiger partial charge in [-0.2, -0.15) is 0 Å². The molecule has 0 rings (SSSR count). The Bertz CT molecular complexity index is 477.